The summed E-state index contributed by atoms with van der Waals surface area (Å²) in [6.07, 6.45) is 0. The van der Waals surface area contributed by atoms with E-state index in [1.165, 1.54) is 12.1 Å². The molecule has 2 rings (SSSR count). The highest BCUT2D eigenvalue weighted by Gasteiger charge is 2.12. The number of halogens is 2. The maximum atomic E-state index is 13.0. The molecule has 0 saturated carbocycles. The van der Waals surface area contributed by atoms with Crippen molar-refractivity contribution in [1.82, 2.24) is 9.97 Å². The van der Waals surface area contributed by atoms with E-state index in [9.17, 15) is 4.39 Å². The van der Waals surface area contributed by atoms with E-state index in [1.807, 2.05) is 13.0 Å². The number of hydrogen-bond acceptors (Lipinski definition) is 3. The third kappa shape index (κ3) is 2.24. The third-order valence-corrected chi connectivity index (χ3v) is 3.32. The Morgan fingerprint density at radius 3 is 2.61 bits per heavy atom. The molecule has 0 N–H and O–H groups in total. The molecule has 3 nitrogen and oxygen atoms in total. The molecule has 5 heteroatoms. The Morgan fingerprint density at radius 1 is 1.28 bits per heavy atom. The Labute approximate surface area is 112 Å². The van der Waals surface area contributed by atoms with Gasteiger partial charge in [0.25, 0.3) is 0 Å². The fraction of sp³-hybridized carbons (Fsp3) is 0.154. The first-order valence-corrected chi connectivity index (χ1v) is 6.03. The van der Waals surface area contributed by atoms with Crippen LogP contribution >= 0.6 is 15.9 Å². The van der Waals surface area contributed by atoms with Gasteiger partial charge in [0.2, 0.25) is 0 Å². The van der Waals surface area contributed by atoms with E-state index >= 15 is 0 Å². The zero-order valence-electron chi connectivity index (χ0n) is 9.83. The molecule has 0 bridgehead atoms. The lowest BCUT2D eigenvalue weighted by Crippen LogP contribution is -2.00. The summed E-state index contributed by atoms with van der Waals surface area (Å²) in [5, 5.41) is 9.02. The van der Waals surface area contributed by atoms with Gasteiger partial charge in [-0.2, -0.15) is 5.26 Å². The second-order valence-electron chi connectivity index (χ2n) is 3.84. The summed E-state index contributed by atoms with van der Waals surface area (Å²) in [7, 11) is 0. The fourth-order valence-corrected chi connectivity index (χ4v) is 2.06. The summed E-state index contributed by atoms with van der Waals surface area (Å²) in [5.74, 6) is 0.0801. The van der Waals surface area contributed by atoms with Gasteiger partial charge < -0.3 is 0 Å². The van der Waals surface area contributed by atoms with Gasteiger partial charge in [0.15, 0.2) is 5.82 Å². The Morgan fingerprint density at radius 2 is 2.00 bits per heavy atom. The molecule has 0 aliphatic rings. The summed E-state index contributed by atoms with van der Waals surface area (Å²) >= 11 is 3.27. The SMILES string of the molecule is Cc1nc(-c2ccc(F)cc2Br)nc(C#N)c1C. The molecular formula is C13H9BrFN3. The number of benzene rings is 1. The number of rotatable bonds is 1. The summed E-state index contributed by atoms with van der Waals surface area (Å²) < 4.78 is 13.6. The topological polar surface area (TPSA) is 49.6 Å². The van der Waals surface area contributed by atoms with Crippen LogP contribution in [0.2, 0.25) is 0 Å². The molecule has 0 fully saturated rings. The largest absolute Gasteiger partial charge is 0.233 e. The van der Waals surface area contributed by atoms with Gasteiger partial charge in [-0.15, -0.1) is 0 Å². The van der Waals surface area contributed by atoms with Crippen LogP contribution in [0.5, 0.6) is 0 Å². The molecule has 2 aromatic rings. The Bertz CT molecular complexity index is 662. The van der Waals surface area contributed by atoms with Crippen molar-refractivity contribution in [2.24, 2.45) is 0 Å². The second kappa shape index (κ2) is 4.83. The quantitative estimate of drug-likeness (QED) is 0.810. The fourth-order valence-electron chi connectivity index (χ4n) is 1.53. The van der Waals surface area contributed by atoms with Gasteiger partial charge >= 0.3 is 0 Å². The Hall–Kier alpha value is -1.80. The zero-order chi connectivity index (χ0) is 13.3. The first-order valence-electron chi connectivity index (χ1n) is 5.23. The molecule has 0 amide bonds. The predicted molar refractivity (Wildman–Crippen MR) is 69.3 cm³/mol. The first-order chi connectivity index (χ1) is 8.52. The molecule has 1 aromatic heterocycles. The highest BCUT2D eigenvalue weighted by atomic mass is 79.9. The number of nitriles is 1. The van der Waals surface area contributed by atoms with Gasteiger partial charge in [-0.25, -0.2) is 14.4 Å². The minimum Gasteiger partial charge on any atom is -0.233 e. The van der Waals surface area contributed by atoms with Gasteiger partial charge in [0.1, 0.15) is 17.6 Å². The van der Waals surface area contributed by atoms with Crippen molar-refractivity contribution in [2.75, 3.05) is 0 Å². The highest BCUT2D eigenvalue weighted by molar-refractivity contribution is 9.10. The van der Waals surface area contributed by atoms with Crippen LogP contribution in [0.1, 0.15) is 17.0 Å². The van der Waals surface area contributed by atoms with Crippen molar-refractivity contribution in [3.05, 3.63) is 45.4 Å². The lowest BCUT2D eigenvalue weighted by atomic mass is 10.1. The summed E-state index contributed by atoms with van der Waals surface area (Å²) in [6.45, 7) is 3.62. The van der Waals surface area contributed by atoms with Crippen LogP contribution in [0.4, 0.5) is 4.39 Å². The third-order valence-electron chi connectivity index (χ3n) is 2.67. The second-order valence-corrected chi connectivity index (χ2v) is 4.70. The molecule has 0 aliphatic heterocycles. The monoisotopic (exact) mass is 305 g/mol. The van der Waals surface area contributed by atoms with Crippen molar-refractivity contribution < 1.29 is 4.39 Å². The van der Waals surface area contributed by atoms with Crippen molar-refractivity contribution in [3.8, 4) is 17.5 Å². The normalized spacial score (nSPS) is 10.2. The zero-order valence-corrected chi connectivity index (χ0v) is 11.4. The van der Waals surface area contributed by atoms with E-state index in [-0.39, 0.29) is 5.82 Å². The summed E-state index contributed by atoms with van der Waals surface area (Å²) in [5.41, 5.74) is 2.51. The number of nitrogens with zero attached hydrogens (tertiary/aromatic N) is 3. The smallest absolute Gasteiger partial charge is 0.162 e. The molecule has 1 aromatic carbocycles. The van der Waals surface area contributed by atoms with Gasteiger partial charge in [0.05, 0.1) is 0 Å². The molecule has 0 unspecified atom stereocenters. The minimum atomic E-state index is -0.338. The number of hydrogen-bond donors (Lipinski definition) is 0. The predicted octanol–water partition coefficient (Wildman–Crippen LogP) is 3.53. The standard InChI is InChI=1S/C13H9BrFN3/c1-7-8(2)17-13(18-12(7)6-16)10-4-3-9(15)5-11(10)14/h3-5H,1-2H3. The van der Waals surface area contributed by atoms with Crippen molar-refractivity contribution >= 4 is 15.9 Å². The maximum absolute atomic E-state index is 13.0. The van der Waals surface area contributed by atoms with Crippen molar-refractivity contribution in [1.29, 1.82) is 5.26 Å². The van der Waals surface area contributed by atoms with Crippen LogP contribution in [0.3, 0.4) is 0 Å². The lowest BCUT2D eigenvalue weighted by molar-refractivity contribution is 0.627. The molecule has 0 aliphatic carbocycles. The Balaban J connectivity index is 2.65. The minimum absolute atomic E-state index is 0.338. The van der Waals surface area contributed by atoms with E-state index in [0.29, 0.717) is 21.6 Å². The van der Waals surface area contributed by atoms with E-state index < -0.39 is 0 Å². The molecular weight excluding hydrogens is 297 g/mol. The van der Waals surface area contributed by atoms with E-state index in [1.54, 1.807) is 13.0 Å². The van der Waals surface area contributed by atoms with Crippen LogP contribution in [-0.2, 0) is 0 Å². The van der Waals surface area contributed by atoms with Gasteiger partial charge in [0, 0.05) is 21.3 Å². The lowest BCUT2D eigenvalue weighted by Gasteiger charge is -2.07. The average molecular weight is 306 g/mol. The highest BCUT2D eigenvalue weighted by Crippen LogP contribution is 2.27. The molecule has 0 saturated heterocycles. The molecule has 0 spiro atoms. The van der Waals surface area contributed by atoms with Gasteiger partial charge in [-0.1, -0.05) is 0 Å². The van der Waals surface area contributed by atoms with E-state index in [2.05, 4.69) is 25.9 Å². The number of aromatic nitrogens is 2. The van der Waals surface area contributed by atoms with Crippen LogP contribution in [0.25, 0.3) is 11.4 Å². The first kappa shape index (κ1) is 12.7. The Kier molecular flexibility index (Phi) is 3.39. The molecule has 0 atom stereocenters. The van der Waals surface area contributed by atoms with E-state index in [4.69, 9.17) is 5.26 Å². The van der Waals surface area contributed by atoms with Crippen LogP contribution in [0.15, 0.2) is 22.7 Å². The van der Waals surface area contributed by atoms with Crippen LogP contribution in [-0.4, -0.2) is 9.97 Å². The van der Waals surface area contributed by atoms with Crippen LogP contribution in [0, 0.1) is 31.0 Å². The molecule has 1 heterocycles. The van der Waals surface area contributed by atoms with Crippen molar-refractivity contribution in [3.63, 3.8) is 0 Å². The summed E-state index contributed by atoms with van der Waals surface area (Å²) in [6, 6.07) is 6.31. The van der Waals surface area contributed by atoms with Crippen LogP contribution < -0.4 is 0 Å². The van der Waals surface area contributed by atoms with E-state index in [0.717, 1.165) is 11.3 Å². The molecule has 90 valence electrons. The molecule has 0 radical (unpaired) electrons. The van der Waals surface area contributed by atoms with Gasteiger partial charge in [-0.05, 0) is 48.0 Å². The van der Waals surface area contributed by atoms with Gasteiger partial charge in [-0.3, -0.25) is 0 Å². The average Bonchev–Trinajstić information content (AvgIpc) is 2.32. The number of aryl methyl sites for hydroxylation is 1. The van der Waals surface area contributed by atoms with Crippen molar-refractivity contribution in [2.45, 2.75) is 13.8 Å². The summed E-state index contributed by atoms with van der Waals surface area (Å²) in [4.78, 5) is 8.52. The maximum Gasteiger partial charge on any atom is 0.162 e. The molecule has 18 heavy (non-hydrogen) atoms.